The zero-order chi connectivity index (χ0) is 17.4. The Bertz CT molecular complexity index is 787. The summed E-state index contributed by atoms with van der Waals surface area (Å²) >= 11 is 0. The zero-order valence-corrected chi connectivity index (χ0v) is 14.1. The maximum atomic E-state index is 11.1. The van der Waals surface area contributed by atoms with Crippen LogP contribution >= 0.6 is 0 Å². The second-order valence-electron chi connectivity index (χ2n) is 6.60. The van der Waals surface area contributed by atoms with Gasteiger partial charge in [-0.2, -0.15) is 0 Å². The second-order valence-corrected chi connectivity index (χ2v) is 6.60. The van der Waals surface area contributed by atoms with Crippen molar-refractivity contribution in [2.75, 3.05) is 19.0 Å². The number of carboxylic acids is 1. The van der Waals surface area contributed by atoms with E-state index in [2.05, 4.69) is 11.4 Å². The van der Waals surface area contributed by atoms with Crippen LogP contribution in [0.1, 0.15) is 46.5 Å². The molecule has 2 heterocycles. The smallest absolute Gasteiger partial charge is 0.335 e. The highest BCUT2D eigenvalue weighted by atomic mass is 16.5. The third kappa shape index (κ3) is 2.85. The summed E-state index contributed by atoms with van der Waals surface area (Å²) in [5.41, 5.74) is 3.59. The maximum absolute atomic E-state index is 11.1. The quantitative estimate of drug-likeness (QED) is 0.884. The van der Waals surface area contributed by atoms with Crippen LogP contribution in [0.3, 0.4) is 0 Å². The van der Waals surface area contributed by atoms with Crippen LogP contribution in [0.25, 0.3) is 0 Å². The van der Waals surface area contributed by atoms with Crippen LogP contribution < -0.4 is 10.1 Å². The fourth-order valence-corrected chi connectivity index (χ4v) is 3.94. The Morgan fingerprint density at radius 1 is 1.24 bits per heavy atom. The number of benzene rings is 2. The van der Waals surface area contributed by atoms with Crippen molar-refractivity contribution >= 4 is 11.7 Å². The number of rotatable bonds is 3. The van der Waals surface area contributed by atoms with Gasteiger partial charge in [0.2, 0.25) is 0 Å². The van der Waals surface area contributed by atoms with Crippen molar-refractivity contribution in [3.63, 3.8) is 0 Å². The van der Waals surface area contributed by atoms with Gasteiger partial charge in [-0.05, 0) is 48.7 Å². The first-order chi connectivity index (χ1) is 12.2. The van der Waals surface area contributed by atoms with E-state index >= 15 is 0 Å². The van der Waals surface area contributed by atoms with Gasteiger partial charge < -0.3 is 19.9 Å². The third-order valence-corrected chi connectivity index (χ3v) is 5.19. The van der Waals surface area contributed by atoms with Gasteiger partial charge in [-0.15, -0.1) is 0 Å². The summed E-state index contributed by atoms with van der Waals surface area (Å²) in [4.78, 5) is 11.1. The number of ether oxygens (including phenoxy) is 2. The van der Waals surface area contributed by atoms with Crippen LogP contribution in [0, 0.1) is 5.92 Å². The number of aromatic carboxylic acids is 1. The maximum Gasteiger partial charge on any atom is 0.335 e. The van der Waals surface area contributed by atoms with E-state index in [9.17, 15) is 4.79 Å². The summed E-state index contributed by atoms with van der Waals surface area (Å²) in [6, 6.07) is 13.3. The highest BCUT2D eigenvalue weighted by molar-refractivity contribution is 5.87. The largest absolute Gasteiger partial charge is 0.497 e. The topological polar surface area (TPSA) is 67.8 Å². The van der Waals surface area contributed by atoms with Crippen LogP contribution in [-0.4, -0.2) is 24.8 Å². The molecule has 2 aliphatic rings. The molecular weight excluding hydrogens is 318 g/mol. The number of nitrogens with one attached hydrogen (secondary N) is 1. The molecule has 5 nitrogen and oxygen atoms in total. The van der Waals surface area contributed by atoms with Crippen LogP contribution in [0.15, 0.2) is 42.5 Å². The summed E-state index contributed by atoms with van der Waals surface area (Å²) in [7, 11) is 1.67. The molecule has 3 atom stereocenters. The molecule has 0 aliphatic carbocycles. The van der Waals surface area contributed by atoms with E-state index in [1.54, 1.807) is 19.2 Å². The van der Waals surface area contributed by atoms with Crippen LogP contribution in [-0.2, 0) is 4.74 Å². The van der Waals surface area contributed by atoms with E-state index < -0.39 is 5.97 Å². The summed E-state index contributed by atoms with van der Waals surface area (Å²) in [5, 5.41) is 12.7. The molecule has 0 spiro atoms. The average molecular weight is 339 g/mol. The second kappa shape index (κ2) is 6.41. The van der Waals surface area contributed by atoms with Crippen molar-refractivity contribution < 1.29 is 19.4 Å². The third-order valence-electron chi connectivity index (χ3n) is 5.19. The summed E-state index contributed by atoms with van der Waals surface area (Å²) in [5.74, 6) is 0.237. The highest BCUT2D eigenvalue weighted by Gasteiger charge is 2.39. The van der Waals surface area contributed by atoms with Gasteiger partial charge in [0.15, 0.2) is 0 Å². The minimum absolute atomic E-state index is 0.0317. The Labute approximate surface area is 146 Å². The molecular formula is C20H21NO4. The number of carbonyl (C=O) groups is 1. The van der Waals surface area contributed by atoms with E-state index in [0.717, 1.165) is 42.0 Å². The van der Waals surface area contributed by atoms with Crippen LogP contribution in [0.4, 0.5) is 5.69 Å². The van der Waals surface area contributed by atoms with Crippen LogP contribution in [0.5, 0.6) is 5.75 Å². The molecule has 1 fully saturated rings. The van der Waals surface area contributed by atoms with E-state index in [4.69, 9.17) is 14.6 Å². The Morgan fingerprint density at radius 2 is 2.04 bits per heavy atom. The fourth-order valence-electron chi connectivity index (χ4n) is 3.94. The molecule has 4 rings (SSSR count). The van der Waals surface area contributed by atoms with Gasteiger partial charge in [0, 0.05) is 23.8 Å². The van der Waals surface area contributed by atoms with Crippen molar-refractivity contribution in [2.45, 2.75) is 25.0 Å². The highest BCUT2D eigenvalue weighted by Crippen LogP contribution is 2.49. The molecule has 1 saturated heterocycles. The van der Waals surface area contributed by atoms with Crippen LogP contribution in [0.2, 0.25) is 0 Å². The lowest BCUT2D eigenvalue weighted by Crippen LogP contribution is -2.36. The summed E-state index contributed by atoms with van der Waals surface area (Å²) < 4.78 is 11.5. The first kappa shape index (κ1) is 16.0. The molecule has 5 heteroatoms. The predicted octanol–water partition coefficient (Wildman–Crippen LogP) is 4.03. The molecule has 2 N–H and O–H groups in total. The van der Waals surface area contributed by atoms with Gasteiger partial charge in [0.25, 0.3) is 0 Å². The zero-order valence-electron chi connectivity index (χ0n) is 14.1. The van der Waals surface area contributed by atoms with Crippen molar-refractivity contribution in [3.8, 4) is 5.75 Å². The molecule has 0 bridgehead atoms. The first-order valence-corrected chi connectivity index (χ1v) is 8.56. The lowest BCUT2D eigenvalue weighted by molar-refractivity contribution is -0.0382. The fraction of sp³-hybridized carbons (Fsp3) is 0.350. The summed E-state index contributed by atoms with van der Waals surface area (Å²) in [6.07, 6.45) is 2.13. The van der Waals surface area contributed by atoms with E-state index in [1.165, 1.54) is 0 Å². The Hall–Kier alpha value is -2.53. The normalized spacial score (nSPS) is 24.6. The van der Waals surface area contributed by atoms with Crippen molar-refractivity contribution in [1.82, 2.24) is 0 Å². The molecule has 0 radical (unpaired) electrons. The molecule has 2 aliphatic heterocycles. The van der Waals surface area contributed by atoms with Gasteiger partial charge in [0.05, 0.1) is 24.8 Å². The Kier molecular flexibility index (Phi) is 4.09. The van der Waals surface area contributed by atoms with Crippen molar-refractivity contribution in [1.29, 1.82) is 0 Å². The molecule has 0 unspecified atom stereocenters. The number of hydrogen-bond donors (Lipinski definition) is 2. The SMILES string of the molecule is COc1ccc2c(c1)[C@@H]1OCCC[C@H]1[C@@H](c1ccc(C(=O)O)cc1)N2. The predicted molar refractivity (Wildman–Crippen MR) is 94.2 cm³/mol. The summed E-state index contributed by atoms with van der Waals surface area (Å²) in [6.45, 7) is 0.766. The lowest BCUT2D eigenvalue weighted by atomic mass is 9.77. The Morgan fingerprint density at radius 3 is 2.76 bits per heavy atom. The van der Waals surface area contributed by atoms with Gasteiger partial charge in [-0.1, -0.05) is 12.1 Å². The Balaban J connectivity index is 1.72. The molecule has 130 valence electrons. The number of methoxy groups -OCH3 is 1. The standard InChI is InChI=1S/C20H21NO4/c1-24-14-8-9-17-16(11-14)19-15(3-2-10-25-19)18(21-17)12-4-6-13(7-5-12)20(22)23/h4-9,11,15,18-19,21H,2-3,10H2,1H3,(H,22,23)/t15-,18+,19+/m0/s1. The average Bonchev–Trinajstić information content (AvgIpc) is 2.67. The molecule has 0 amide bonds. The molecule has 2 aromatic rings. The van der Waals surface area contributed by atoms with E-state index in [0.29, 0.717) is 11.5 Å². The van der Waals surface area contributed by atoms with Crippen molar-refractivity contribution in [3.05, 3.63) is 59.2 Å². The van der Waals surface area contributed by atoms with E-state index in [-0.39, 0.29) is 12.1 Å². The molecule has 0 aromatic heterocycles. The number of fused-ring (bicyclic) bond motifs is 3. The number of hydrogen-bond acceptors (Lipinski definition) is 4. The van der Waals surface area contributed by atoms with Gasteiger partial charge in [-0.3, -0.25) is 0 Å². The minimum Gasteiger partial charge on any atom is -0.497 e. The van der Waals surface area contributed by atoms with Gasteiger partial charge in [0.1, 0.15) is 5.75 Å². The van der Waals surface area contributed by atoms with Crippen molar-refractivity contribution in [2.24, 2.45) is 5.92 Å². The molecule has 0 saturated carbocycles. The monoisotopic (exact) mass is 339 g/mol. The van der Waals surface area contributed by atoms with Gasteiger partial charge >= 0.3 is 5.97 Å². The number of carboxylic acid groups (broad SMARTS) is 1. The molecule has 25 heavy (non-hydrogen) atoms. The first-order valence-electron chi connectivity index (χ1n) is 8.56. The van der Waals surface area contributed by atoms with Gasteiger partial charge in [-0.25, -0.2) is 4.79 Å². The minimum atomic E-state index is -0.903. The lowest BCUT2D eigenvalue weighted by Gasteiger charge is -2.43. The van der Waals surface area contributed by atoms with E-state index in [1.807, 2.05) is 24.3 Å². The molecule has 2 aromatic carbocycles. The number of anilines is 1.